The van der Waals surface area contributed by atoms with E-state index in [2.05, 4.69) is 0 Å². The molecule has 0 aromatic heterocycles. The molecule has 1 fully saturated rings. The molecule has 1 aliphatic heterocycles. The maximum absolute atomic E-state index is 12.2. The van der Waals surface area contributed by atoms with Gasteiger partial charge in [-0.3, -0.25) is 4.79 Å². The molecular weight excluding hydrogens is 272 g/mol. The Morgan fingerprint density at radius 3 is 2.48 bits per heavy atom. The van der Waals surface area contributed by atoms with Crippen LogP contribution in [-0.4, -0.2) is 31.3 Å². The first-order chi connectivity index (χ1) is 10.1. The lowest BCUT2D eigenvalue weighted by Crippen LogP contribution is -2.27. The highest BCUT2D eigenvalue weighted by atomic mass is 16.6. The lowest BCUT2D eigenvalue weighted by molar-refractivity contribution is -0.173. The molecule has 0 saturated carbocycles. The number of ether oxygens (including phenoxy) is 3. The number of benzene rings is 1. The summed E-state index contributed by atoms with van der Waals surface area (Å²) in [5.74, 6) is -1.27. The van der Waals surface area contributed by atoms with Crippen LogP contribution in [0.3, 0.4) is 0 Å². The third-order valence-corrected chi connectivity index (χ3v) is 3.17. The maximum Gasteiger partial charge on any atom is 0.352 e. The van der Waals surface area contributed by atoms with Crippen molar-refractivity contribution in [2.24, 2.45) is 5.92 Å². The third-order valence-electron chi connectivity index (χ3n) is 3.17. The number of esters is 2. The van der Waals surface area contributed by atoms with Gasteiger partial charge in [0.15, 0.2) is 0 Å². The van der Waals surface area contributed by atoms with E-state index in [-0.39, 0.29) is 12.0 Å². The highest BCUT2D eigenvalue weighted by Gasteiger charge is 2.32. The van der Waals surface area contributed by atoms with Crippen molar-refractivity contribution < 1.29 is 23.8 Å². The molecule has 5 nitrogen and oxygen atoms in total. The molecule has 0 N–H and O–H groups in total. The molecular formula is C16H20O5. The molecule has 1 aromatic carbocycles. The predicted octanol–water partition coefficient (Wildman–Crippen LogP) is 2.26. The van der Waals surface area contributed by atoms with Gasteiger partial charge in [0, 0.05) is 12.2 Å². The van der Waals surface area contributed by atoms with Gasteiger partial charge in [0.25, 0.3) is 0 Å². The Bertz CT molecular complexity index is 477. The SMILES string of the molecule is CC(C)OC(=O)[C@@H](OC(=O)C1CCOC1)c1ccccc1. The van der Waals surface area contributed by atoms with E-state index in [0.717, 1.165) is 0 Å². The van der Waals surface area contributed by atoms with Crippen LogP contribution in [0.4, 0.5) is 0 Å². The molecule has 0 amide bonds. The van der Waals surface area contributed by atoms with E-state index in [9.17, 15) is 9.59 Å². The Morgan fingerprint density at radius 2 is 1.90 bits per heavy atom. The van der Waals surface area contributed by atoms with Gasteiger partial charge in [-0.15, -0.1) is 0 Å². The number of hydrogen-bond acceptors (Lipinski definition) is 5. The fourth-order valence-electron chi connectivity index (χ4n) is 2.11. The van der Waals surface area contributed by atoms with Crippen LogP contribution in [0.1, 0.15) is 31.9 Å². The molecule has 0 radical (unpaired) electrons. The molecule has 0 spiro atoms. The zero-order valence-electron chi connectivity index (χ0n) is 12.3. The van der Waals surface area contributed by atoms with Gasteiger partial charge in [-0.05, 0) is 20.3 Å². The van der Waals surface area contributed by atoms with Crippen molar-refractivity contribution in [3.8, 4) is 0 Å². The lowest BCUT2D eigenvalue weighted by Gasteiger charge is -2.20. The van der Waals surface area contributed by atoms with Gasteiger partial charge in [0.05, 0.1) is 18.6 Å². The first-order valence-electron chi connectivity index (χ1n) is 7.11. The summed E-state index contributed by atoms with van der Waals surface area (Å²) < 4.78 is 15.7. The lowest BCUT2D eigenvalue weighted by atomic mass is 10.1. The Hall–Kier alpha value is -1.88. The van der Waals surface area contributed by atoms with Gasteiger partial charge in [-0.1, -0.05) is 30.3 Å². The molecule has 0 aliphatic carbocycles. The highest BCUT2D eigenvalue weighted by Crippen LogP contribution is 2.23. The molecule has 1 heterocycles. The molecule has 21 heavy (non-hydrogen) atoms. The Labute approximate surface area is 124 Å². The quantitative estimate of drug-likeness (QED) is 0.779. The van der Waals surface area contributed by atoms with Gasteiger partial charge >= 0.3 is 11.9 Å². The monoisotopic (exact) mass is 292 g/mol. The minimum atomic E-state index is -1.03. The molecule has 2 rings (SSSR count). The minimum Gasteiger partial charge on any atom is -0.460 e. The van der Waals surface area contributed by atoms with Gasteiger partial charge < -0.3 is 14.2 Å². The normalized spacial score (nSPS) is 19.3. The molecule has 114 valence electrons. The summed E-state index contributed by atoms with van der Waals surface area (Å²) in [6.45, 7) is 4.41. The van der Waals surface area contributed by atoms with Crippen molar-refractivity contribution in [2.45, 2.75) is 32.5 Å². The van der Waals surface area contributed by atoms with E-state index in [1.807, 2.05) is 6.07 Å². The van der Waals surface area contributed by atoms with Gasteiger partial charge in [-0.25, -0.2) is 4.79 Å². The molecule has 1 unspecified atom stereocenters. The van der Waals surface area contributed by atoms with Crippen LogP contribution in [0.15, 0.2) is 30.3 Å². The average molecular weight is 292 g/mol. The van der Waals surface area contributed by atoms with Crippen molar-refractivity contribution in [3.63, 3.8) is 0 Å². The number of carbonyl (C=O) groups is 2. The molecule has 1 saturated heterocycles. The van der Waals surface area contributed by atoms with Crippen LogP contribution in [-0.2, 0) is 23.8 Å². The fraction of sp³-hybridized carbons (Fsp3) is 0.500. The largest absolute Gasteiger partial charge is 0.460 e. The first kappa shape index (κ1) is 15.5. The summed E-state index contributed by atoms with van der Waals surface area (Å²) in [6.07, 6.45) is -0.668. The fourth-order valence-corrected chi connectivity index (χ4v) is 2.11. The zero-order valence-corrected chi connectivity index (χ0v) is 12.3. The topological polar surface area (TPSA) is 61.8 Å². The smallest absolute Gasteiger partial charge is 0.352 e. The third kappa shape index (κ3) is 4.29. The number of carbonyl (C=O) groups excluding carboxylic acids is 2. The van der Waals surface area contributed by atoms with Gasteiger partial charge in [-0.2, -0.15) is 0 Å². The van der Waals surface area contributed by atoms with Crippen molar-refractivity contribution in [1.29, 1.82) is 0 Å². The number of hydrogen-bond donors (Lipinski definition) is 0. The van der Waals surface area contributed by atoms with Gasteiger partial charge in [0.2, 0.25) is 6.10 Å². The standard InChI is InChI=1S/C16H20O5/c1-11(2)20-16(18)14(12-6-4-3-5-7-12)21-15(17)13-8-9-19-10-13/h3-7,11,13-14H,8-10H2,1-2H3/t13?,14-/m0/s1. The van der Waals surface area contributed by atoms with E-state index in [1.54, 1.807) is 38.1 Å². The maximum atomic E-state index is 12.2. The van der Waals surface area contributed by atoms with E-state index in [0.29, 0.717) is 25.2 Å². The summed E-state index contributed by atoms with van der Waals surface area (Å²) >= 11 is 0. The van der Waals surface area contributed by atoms with Crippen LogP contribution < -0.4 is 0 Å². The van der Waals surface area contributed by atoms with Gasteiger partial charge in [0.1, 0.15) is 0 Å². The summed E-state index contributed by atoms with van der Waals surface area (Å²) in [6, 6.07) is 8.89. The summed E-state index contributed by atoms with van der Waals surface area (Å²) in [4.78, 5) is 24.3. The van der Waals surface area contributed by atoms with E-state index < -0.39 is 18.0 Å². The van der Waals surface area contributed by atoms with Crippen molar-refractivity contribution in [3.05, 3.63) is 35.9 Å². The van der Waals surface area contributed by atoms with Crippen molar-refractivity contribution in [1.82, 2.24) is 0 Å². The molecule has 0 bridgehead atoms. The highest BCUT2D eigenvalue weighted by molar-refractivity contribution is 5.81. The second-order valence-electron chi connectivity index (χ2n) is 5.27. The van der Waals surface area contributed by atoms with Crippen LogP contribution in [0.5, 0.6) is 0 Å². The summed E-state index contributed by atoms with van der Waals surface area (Å²) in [5, 5.41) is 0. The zero-order chi connectivity index (χ0) is 15.2. The molecule has 5 heteroatoms. The second kappa shape index (κ2) is 7.22. The van der Waals surface area contributed by atoms with Crippen LogP contribution in [0.25, 0.3) is 0 Å². The predicted molar refractivity (Wildman–Crippen MR) is 75.4 cm³/mol. The van der Waals surface area contributed by atoms with Crippen LogP contribution in [0, 0.1) is 5.92 Å². The van der Waals surface area contributed by atoms with Crippen molar-refractivity contribution >= 4 is 11.9 Å². The van der Waals surface area contributed by atoms with Crippen molar-refractivity contribution in [2.75, 3.05) is 13.2 Å². The molecule has 2 atom stereocenters. The summed E-state index contributed by atoms with van der Waals surface area (Å²) in [5.41, 5.74) is 0.607. The summed E-state index contributed by atoms with van der Waals surface area (Å²) in [7, 11) is 0. The van der Waals surface area contributed by atoms with Crippen LogP contribution >= 0.6 is 0 Å². The molecule has 1 aromatic rings. The average Bonchev–Trinajstić information content (AvgIpc) is 2.99. The number of rotatable bonds is 5. The van der Waals surface area contributed by atoms with Crippen LogP contribution in [0.2, 0.25) is 0 Å². The first-order valence-corrected chi connectivity index (χ1v) is 7.11. The Balaban J connectivity index is 2.11. The van der Waals surface area contributed by atoms with E-state index in [1.165, 1.54) is 0 Å². The Morgan fingerprint density at radius 1 is 1.19 bits per heavy atom. The molecule has 1 aliphatic rings. The van der Waals surface area contributed by atoms with E-state index in [4.69, 9.17) is 14.2 Å². The second-order valence-corrected chi connectivity index (χ2v) is 5.27. The van der Waals surface area contributed by atoms with E-state index >= 15 is 0 Å². The minimum absolute atomic E-state index is 0.266. The Kier molecular flexibility index (Phi) is 5.33.